The van der Waals surface area contributed by atoms with Gasteiger partial charge in [0.25, 0.3) is 5.91 Å². The van der Waals surface area contributed by atoms with Gasteiger partial charge in [-0.05, 0) is 35.9 Å². The molecule has 0 heterocycles. The molecule has 19 heavy (non-hydrogen) atoms. The number of nitrogens with zero attached hydrogens (tertiary/aromatic N) is 1. The van der Waals surface area contributed by atoms with Crippen molar-refractivity contribution in [1.29, 1.82) is 0 Å². The molecule has 0 spiro atoms. The molecule has 0 aliphatic rings. The van der Waals surface area contributed by atoms with E-state index in [4.69, 9.17) is 0 Å². The second-order valence-electron chi connectivity index (χ2n) is 3.96. The molecule has 2 rings (SSSR count). The number of allylic oxidation sites excluding steroid dienone is 2. The number of nitrogens with one attached hydrogen (secondary N) is 1. The van der Waals surface area contributed by atoms with Gasteiger partial charge in [0.05, 0.1) is 5.56 Å². The summed E-state index contributed by atoms with van der Waals surface area (Å²) in [6.45, 7) is 1.85. The van der Waals surface area contributed by atoms with E-state index in [0.717, 1.165) is 10.8 Å². The third-order valence-electron chi connectivity index (χ3n) is 2.63. The number of amides is 1. The molecule has 4 heteroatoms. The normalized spacial score (nSPS) is 11.4. The molecule has 0 saturated heterocycles. The monoisotopic (exact) mass is 254 g/mol. The van der Waals surface area contributed by atoms with Crippen molar-refractivity contribution < 1.29 is 9.90 Å². The number of fused-ring (bicyclic) bond motifs is 1. The van der Waals surface area contributed by atoms with Gasteiger partial charge < -0.3 is 5.11 Å². The number of hydrogen-bond donors (Lipinski definition) is 2. The predicted molar refractivity (Wildman–Crippen MR) is 76.4 cm³/mol. The highest BCUT2D eigenvalue weighted by molar-refractivity contribution is 6.01. The molecule has 0 fully saturated rings. The second-order valence-corrected chi connectivity index (χ2v) is 3.96. The lowest BCUT2D eigenvalue weighted by molar-refractivity contribution is 0.0952. The summed E-state index contributed by atoms with van der Waals surface area (Å²) < 4.78 is 0. The summed E-state index contributed by atoms with van der Waals surface area (Å²) in [5, 5.41) is 15.4. The fourth-order valence-electron chi connectivity index (χ4n) is 1.70. The highest BCUT2D eigenvalue weighted by Gasteiger charge is 2.11. The second kappa shape index (κ2) is 5.82. The minimum Gasteiger partial charge on any atom is -0.507 e. The van der Waals surface area contributed by atoms with E-state index in [9.17, 15) is 9.90 Å². The van der Waals surface area contributed by atoms with Crippen LogP contribution in [0.2, 0.25) is 0 Å². The summed E-state index contributed by atoms with van der Waals surface area (Å²) in [6, 6.07) is 10.7. The Morgan fingerprint density at radius 3 is 2.63 bits per heavy atom. The van der Waals surface area contributed by atoms with E-state index in [0.29, 0.717) is 0 Å². The standard InChI is InChI=1S/C15H14N2O2/c1-2-3-8-16-17-15(19)13-9-11-6-4-5-7-12(11)10-14(13)18/h2-10,18H,1H3,(H,17,19). The molecule has 2 aromatic carbocycles. The van der Waals surface area contributed by atoms with Gasteiger partial charge in [-0.3, -0.25) is 4.79 Å². The summed E-state index contributed by atoms with van der Waals surface area (Å²) in [7, 11) is 0. The number of rotatable bonds is 3. The Bertz CT molecular complexity index is 660. The van der Waals surface area contributed by atoms with Crippen LogP contribution in [-0.4, -0.2) is 17.2 Å². The molecule has 0 bridgehead atoms. The van der Waals surface area contributed by atoms with Crippen LogP contribution in [0.5, 0.6) is 5.75 Å². The van der Waals surface area contributed by atoms with Crippen LogP contribution in [-0.2, 0) is 0 Å². The Labute approximate surface area is 111 Å². The van der Waals surface area contributed by atoms with Gasteiger partial charge in [0.2, 0.25) is 0 Å². The molecule has 0 aromatic heterocycles. The Kier molecular flexibility index (Phi) is 3.93. The van der Waals surface area contributed by atoms with Crippen molar-refractivity contribution in [3.05, 3.63) is 54.1 Å². The van der Waals surface area contributed by atoms with E-state index < -0.39 is 5.91 Å². The molecule has 4 nitrogen and oxygen atoms in total. The van der Waals surface area contributed by atoms with Crippen molar-refractivity contribution in [3.8, 4) is 5.75 Å². The van der Waals surface area contributed by atoms with Crippen molar-refractivity contribution in [2.45, 2.75) is 6.92 Å². The third-order valence-corrected chi connectivity index (χ3v) is 2.63. The SMILES string of the molecule is CC=CC=NNC(=O)c1cc2ccccc2cc1O. The lowest BCUT2D eigenvalue weighted by atomic mass is 10.1. The van der Waals surface area contributed by atoms with Crippen molar-refractivity contribution in [3.63, 3.8) is 0 Å². The zero-order valence-corrected chi connectivity index (χ0v) is 10.5. The molecule has 0 aliphatic heterocycles. The number of phenolic OH excluding ortho intramolecular Hbond substituents is 1. The van der Waals surface area contributed by atoms with Crippen LogP contribution >= 0.6 is 0 Å². The molecular weight excluding hydrogens is 240 g/mol. The molecular formula is C15H14N2O2. The lowest BCUT2D eigenvalue weighted by Crippen LogP contribution is -2.17. The molecule has 0 atom stereocenters. The van der Waals surface area contributed by atoms with Crippen molar-refractivity contribution >= 4 is 22.9 Å². The van der Waals surface area contributed by atoms with E-state index >= 15 is 0 Å². The molecule has 0 aliphatic carbocycles. The Morgan fingerprint density at radius 2 is 1.95 bits per heavy atom. The van der Waals surface area contributed by atoms with Crippen molar-refractivity contribution in [2.24, 2.45) is 5.10 Å². The van der Waals surface area contributed by atoms with E-state index in [2.05, 4.69) is 10.5 Å². The zero-order chi connectivity index (χ0) is 13.7. The van der Waals surface area contributed by atoms with E-state index in [1.807, 2.05) is 31.2 Å². The fraction of sp³-hybridized carbons (Fsp3) is 0.0667. The minimum atomic E-state index is -0.441. The first-order valence-electron chi connectivity index (χ1n) is 5.89. The first-order valence-corrected chi connectivity index (χ1v) is 5.89. The quantitative estimate of drug-likeness (QED) is 0.653. The summed E-state index contributed by atoms with van der Waals surface area (Å²) in [5.41, 5.74) is 2.56. The van der Waals surface area contributed by atoms with Crippen LogP contribution in [0.4, 0.5) is 0 Å². The summed E-state index contributed by atoms with van der Waals surface area (Å²) in [4.78, 5) is 11.9. The highest BCUT2D eigenvalue weighted by atomic mass is 16.3. The maximum atomic E-state index is 11.9. The molecule has 0 unspecified atom stereocenters. The zero-order valence-electron chi connectivity index (χ0n) is 10.5. The Hall–Kier alpha value is -2.62. The molecule has 2 N–H and O–H groups in total. The lowest BCUT2D eigenvalue weighted by Gasteiger charge is -2.05. The number of phenols is 1. The maximum absolute atomic E-state index is 11.9. The van der Waals surface area contributed by atoms with Gasteiger partial charge in [0, 0.05) is 6.21 Å². The summed E-state index contributed by atoms with van der Waals surface area (Å²) in [6.07, 6.45) is 4.96. The van der Waals surface area contributed by atoms with Crippen LogP contribution < -0.4 is 5.43 Å². The average molecular weight is 254 g/mol. The van der Waals surface area contributed by atoms with Crippen molar-refractivity contribution in [2.75, 3.05) is 0 Å². The van der Waals surface area contributed by atoms with Gasteiger partial charge in [-0.15, -0.1) is 0 Å². The molecule has 1 amide bonds. The molecule has 0 saturated carbocycles. The minimum absolute atomic E-state index is 0.0579. The Morgan fingerprint density at radius 1 is 1.26 bits per heavy atom. The van der Waals surface area contributed by atoms with Gasteiger partial charge >= 0.3 is 0 Å². The molecule has 2 aromatic rings. The average Bonchev–Trinajstić information content (AvgIpc) is 2.42. The van der Waals surface area contributed by atoms with Crippen LogP contribution in [0.3, 0.4) is 0 Å². The van der Waals surface area contributed by atoms with E-state index in [1.54, 1.807) is 24.3 Å². The molecule has 96 valence electrons. The van der Waals surface area contributed by atoms with E-state index in [-0.39, 0.29) is 11.3 Å². The van der Waals surface area contributed by atoms with Gasteiger partial charge in [-0.25, -0.2) is 5.43 Å². The van der Waals surface area contributed by atoms with Gasteiger partial charge in [0.1, 0.15) is 5.75 Å². The summed E-state index contributed by atoms with van der Waals surface area (Å²) in [5.74, 6) is -0.499. The largest absolute Gasteiger partial charge is 0.507 e. The number of carbonyl (C=O) groups excluding carboxylic acids is 1. The van der Waals surface area contributed by atoms with Crippen LogP contribution in [0, 0.1) is 0 Å². The number of aromatic hydroxyl groups is 1. The van der Waals surface area contributed by atoms with Gasteiger partial charge in [-0.1, -0.05) is 30.3 Å². The Balaban J connectivity index is 2.29. The smallest absolute Gasteiger partial charge is 0.275 e. The van der Waals surface area contributed by atoms with Gasteiger partial charge in [-0.2, -0.15) is 5.10 Å². The van der Waals surface area contributed by atoms with Crippen LogP contribution in [0.1, 0.15) is 17.3 Å². The number of hydrazone groups is 1. The van der Waals surface area contributed by atoms with E-state index in [1.165, 1.54) is 6.21 Å². The highest BCUT2D eigenvalue weighted by Crippen LogP contribution is 2.24. The third kappa shape index (κ3) is 2.98. The first-order chi connectivity index (χ1) is 9.22. The van der Waals surface area contributed by atoms with Gasteiger partial charge in [0.15, 0.2) is 0 Å². The number of benzene rings is 2. The van der Waals surface area contributed by atoms with Crippen molar-refractivity contribution in [1.82, 2.24) is 5.43 Å². The van der Waals surface area contributed by atoms with Crippen LogP contribution in [0.25, 0.3) is 10.8 Å². The maximum Gasteiger partial charge on any atom is 0.275 e. The predicted octanol–water partition coefficient (Wildman–Crippen LogP) is 2.84. The number of hydrogen-bond acceptors (Lipinski definition) is 3. The topological polar surface area (TPSA) is 61.7 Å². The van der Waals surface area contributed by atoms with Crippen LogP contribution in [0.15, 0.2) is 53.7 Å². The molecule has 0 radical (unpaired) electrons. The fourth-order valence-corrected chi connectivity index (χ4v) is 1.70. The first kappa shape index (κ1) is 12.8. The number of carbonyl (C=O) groups is 1. The summed E-state index contributed by atoms with van der Waals surface area (Å²) >= 11 is 0.